The molecule has 0 aliphatic carbocycles. The van der Waals surface area contributed by atoms with Crippen LogP contribution in [0.1, 0.15) is 76.7 Å². The third-order valence-corrected chi connectivity index (χ3v) is 6.16. The average molecular weight is 537 g/mol. The van der Waals surface area contributed by atoms with Gasteiger partial charge in [-0.05, 0) is 24.5 Å². The van der Waals surface area contributed by atoms with Crippen molar-refractivity contribution < 1.29 is 33.4 Å². The molecular formula is C26H52N2O7S. The molecule has 0 aromatic heterocycles. The minimum absolute atomic E-state index is 0.0610. The van der Waals surface area contributed by atoms with Gasteiger partial charge in [0.05, 0.1) is 31.3 Å². The maximum absolute atomic E-state index is 11.3. The summed E-state index contributed by atoms with van der Waals surface area (Å²) in [5, 5.41) is 38.2. The average Bonchev–Trinajstić information content (AvgIpc) is 2.86. The first-order valence-corrected chi connectivity index (χ1v) is 14.7. The van der Waals surface area contributed by atoms with Gasteiger partial charge in [-0.3, -0.25) is 4.55 Å². The molecule has 0 bridgehead atoms. The number of nitrogens with one attached hydrogen (secondary N) is 2. The highest BCUT2D eigenvalue weighted by Gasteiger charge is 2.13. The van der Waals surface area contributed by atoms with E-state index in [1.54, 1.807) is 12.1 Å². The molecular weight excluding hydrogens is 484 g/mol. The summed E-state index contributed by atoms with van der Waals surface area (Å²) in [5.74, 6) is 0. The van der Waals surface area contributed by atoms with Crippen LogP contribution in [0.4, 0.5) is 0 Å². The Labute approximate surface area is 219 Å². The number of hydrogen-bond acceptors (Lipinski definition) is 8. The van der Waals surface area contributed by atoms with E-state index < -0.39 is 10.1 Å². The molecule has 0 amide bonds. The van der Waals surface area contributed by atoms with Crippen LogP contribution in [0.15, 0.2) is 29.2 Å². The van der Waals surface area contributed by atoms with Crippen LogP contribution in [-0.4, -0.2) is 86.0 Å². The molecule has 7 N–H and O–H groups in total. The highest BCUT2D eigenvalue weighted by Crippen LogP contribution is 2.18. The van der Waals surface area contributed by atoms with Crippen molar-refractivity contribution >= 4 is 10.1 Å². The molecule has 0 unspecified atom stereocenters. The van der Waals surface area contributed by atoms with Crippen molar-refractivity contribution in [3.63, 3.8) is 0 Å². The summed E-state index contributed by atoms with van der Waals surface area (Å²) in [7, 11) is -4.10. The lowest BCUT2D eigenvalue weighted by molar-refractivity contribution is 0.266. The second kappa shape index (κ2) is 28.5. The van der Waals surface area contributed by atoms with Gasteiger partial charge in [-0.15, -0.1) is 0 Å². The molecule has 0 spiro atoms. The van der Waals surface area contributed by atoms with Crippen LogP contribution in [-0.2, 0) is 16.5 Å². The van der Waals surface area contributed by atoms with Gasteiger partial charge in [-0.25, -0.2) is 0 Å². The molecule has 0 saturated carbocycles. The first kappa shape index (κ1) is 37.0. The zero-order valence-electron chi connectivity index (χ0n) is 22.2. The summed E-state index contributed by atoms with van der Waals surface area (Å²) in [6, 6.07) is 6.73. The van der Waals surface area contributed by atoms with Crippen molar-refractivity contribution in [1.82, 2.24) is 10.6 Å². The summed E-state index contributed by atoms with van der Waals surface area (Å²) in [6.45, 7) is 5.07. The maximum Gasteiger partial charge on any atom is 0.294 e. The molecule has 0 aliphatic heterocycles. The minimum atomic E-state index is -4.10. The van der Waals surface area contributed by atoms with Crippen molar-refractivity contribution in [2.45, 2.75) is 82.4 Å². The monoisotopic (exact) mass is 536 g/mol. The molecule has 214 valence electrons. The molecule has 9 nitrogen and oxygen atoms in total. The van der Waals surface area contributed by atoms with Crippen molar-refractivity contribution in [3.8, 4) is 0 Å². The van der Waals surface area contributed by atoms with Gasteiger partial charge in [0.1, 0.15) is 0 Å². The maximum atomic E-state index is 11.3. The van der Waals surface area contributed by atoms with Crippen LogP contribution < -0.4 is 10.6 Å². The quantitative estimate of drug-likeness (QED) is 0.0981. The Bertz CT molecular complexity index is 658. The first-order chi connectivity index (χ1) is 17.4. The zero-order chi connectivity index (χ0) is 27.3. The normalized spacial score (nSPS) is 10.8. The second-order valence-corrected chi connectivity index (χ2v) is 9.80. The smallest absolute Gasteiger partial charge is 0.294 e. The standard InChI is InChI=1S/C18H30O3S.2C4H11NO2/c1-2-3-4-5-6-7-8-9-10-11-14-17-15-12-13-16-18(17)22(19,20)21;2*6-3-1-5-2-4-7/h12-13,15-16H,2-11,14H2,1H3,(H,19,20,21);2*5-7H,1-4H2. The van der Waals surface area contributed by atoms with Crippen molar-refractivity contribution in [3.05, 3.63) is 29.8 Å². The fourth-order valence-electron chi connectivity index (χ4n) is 3.33. The van der Waals surface area contributed by atoms with Gasteiger partial charge in [-0.2, -0.15) is 8.42 Å². The number of aliphatic hydroxyl groups is 4. The molecule has 1 rings (SSSR count). The Morgan fingerprint density at radius 2 is 1.03 bits per heavy atom. The highest BCUT2D eigenvalue weighted by molar-refractivity contribution is 7.85. The summed E-state index contributed by atoms with van der Waals surface area (Å²) in [6.07, 6.45) is 13.3. The van der Waals surface area contributed by atoms with Crippen LogP contribution in [0, 0.1) is 0 Å². The van der Waals surface area contributed by atoms with Crippen molar-refractivity contribution in [2.75, 3.05) is 52.6 Å². The van der Waals surface area contributed by atoms with Crippen LogP contribution in [0.25, 0.3) is 0 Å². The van der Waals surface area contributed by atoms with Gasteiger partial charge < -0.3 is 31.1 Å². The summed E-state index contributed by atoms with van der Waals surface area (Å²) in [4.78, 5) is 0.0610. The summed E-state index contributed by atoms with van der Waals surface area (Å²) in [5.41, 5.74) is 0.726. The first-order valence-electron chi connectivity index (χ1n) is 13.3. The Balaban J connectivity index is 0. The SMILES string of the molecule is CCCCCCCCCCCCc1ccccc1S(=O)(=O)O.OCCNCCO.OCCNCCO. The molecule has 0 radical (unpaired) electrons. The van der Waals surface area contributed by atoms with E-state index in [1.807, 2.05) is 6.07 Å². The van der Waals surface area contributed by atoms with E-state index in [0.717, 1.165) is 18.4 Å². The predicted molar refractivity (Wildman–Crippen MR) is 146 cm³/mol. The Morgan fingerprint density at radius 1 is 0.639 bits per heavy atom. The Hall–Kier alpha value is -1.11. The molecule has 0 atom stereocenters. The molecule has 0 saturated heterocycles. The van der Waals surface area contributed by atoms with E-state index in [2.05, 4.69) is 17.6 Å². The lowest BCUT2D eigenvalue weighted by Gasteiger charge is -2.07. The number of rotatable bonds is 20. The summed E-state index contributed by atoms with van der Waals surface area (Å²) < 4.78 is 31.8. The fraction of sp³-hybridized carbons (Fsp3) is 0.769. The second-order valence-electron chi connectivity index (χ2n) is 8.41. The van der Waals surface area contributed by atoms with Gasteiger partial charge in [0.2, 0.25) is 0 Å². The van der Waals surface area contributed by atoms with Gasteiger partial charge >= 0.3 is 0 Å². The topological polar surface area (TPSA) is 159 Å². The number of aryl methyl sites for hydroxylation is 1. The number of aliphatic hydroxyl groups excluding tert-OH is 4. The third-order valence-electron chi connectivity index (χ3n) is 5.20. The zero-order valence-corrected chi connectivity index (χ0v) is 23.0. The number of hydrogen-bond donors (Lipinski definition) is 7. The van der Waals surface area contributed by atoms with E-state index in [-0.39, 0.29) is 31.3 Å². The van der Waals surface area contributed by atoms with Crippen LogP contribution in [0.5, 0.6) is 0 Å². The number of benzene rings is 1. The summed E-state index contributed by atoms with van der Waals surface area (Å²) >= 11 is 0. The fourth-order valence-corrected chi connectivity index (χ4v) is 4.08. The molecule has 1 aromatic carbocycles. The van der Waals surface area contributed by atoms with Gasteiger partial charge in [-0.1, -0.05) is 82.9 Å². The Morgan fingerprint density at radius 3 is 1.42 bits per heavy atom. The van der Waals surface area contributed by atoms with Gasteiger partial charge in [0.25, 0.3) is 10.1 Å². The highest BCUT2D eigenvalue weighted by atomic mass is 32.2. The molecule has 36 heavy (non-hydrogen) atoms. The Kier molecular flexibility index (Phi) is 29.3. The van der Waals surface area contributed by atoms with E-state index >= 15 is 0 Å². The lowest BCUT2D eigenvalue weighted by atomic mass is 10.0. The molecule has 0 fully saturated rings. The van der Waals surface area contributed by atoms with Gasteiger partial charge in [0, 0.05) is 26.2 Å². The van der Waals surface area contributed by atoms with Crippen LogP contribution in [0.2, 0.25) is 0 Å². The molecule has 1 aromatic rings. The van der Waals surface area contributed by atoms with E-state index in [9.17, 15) is 13.0 Å². The van der Waals surface area contributed by atoms with Crippen molar-refractivity contribution in [2.24, 2.45) is 0 Å². The van der Waals surface area contributed by atoms with Crippen molar-refractivity contribution in [1.29, 1.82) is 0 Å². The largest absolute Gasteiger partial charge is 0.395 e. The van der Waals surface area contributed by atoms with Gasteiger partial charge in [0.15, 0.2) is 0 Å². The minimum Gasteiger partial charge on any atom is -0.395 e. The van der Waals surface area contributed by atoms with Crippen LogP contribution >= 0.6 is 0 Å². The van der Waals surface area contributed by atoms with Crippen LogP contribution in [0.3, 0.4) is 0 Å². The van der Waals surface area contributed by atoms with E-state index in [1.165, 1.54) is 57.4 Å². The van der Waals surface area contributed by atoms with E-state index in [0.29, 0.717) is 32.6 Å². The molecule has 0 aliphatic rings. The van der Waals surface area contributed by atoms with E-state index in [4.69, 9.17) is 20.4 Å². The third kappa shape index (κ3) is 26.0. The number of unbranched alkanes of at least 4 members (excludes halogenated alkanes) is 9. The lowest BCUT2D eigenvalue weighted by Crippen LogP contribution is -2.21. The predicted octanol–water partition coefficient (Wildman–Crippen LogP) is 2.52. The molecule has 0 heterocycles. The molecule has 10 heteroatoms.